The topological polar surface area (TPSA) is 227 Å². The number of aliphatic carboxylic acids is 2. The first-order valence-electron chi connectivity index (χ1n) is 6.73. The zero-order valence-electron chi connectivity index (χ0n) is 16.1. The van der Waals surface area contributed by atoms with Gasteiger partial charge in [0.2, 0.25) is 9.23 Å². The van der Waals surface area contributed by atoms with Crippen molar-refractivity contribution in [3.8, 4) is 0 Å². The Morgan fingerprint density at radius 2 is 1.20 bits per heavy atom. The number of esters is 2. The molecule has 0 radical (unpaired) electrons. The summed E-state index contributed by atoms with van der Waals surface area (Å²) in [6.45, 7) is 2.65. The van der Waals surface area contributed by atoms with Crippen molar-refractivity contribution in [3.05, 3.63) is 0 Å². The normalized spacial score (nSPS) is 7.10. The molecule has 0 unspecified atom stereocenters. The second-order valence-electron chi connectivity index (χ2n) is 3.24. The predicted octanol–water partition coefficient (Wildman–Crippen LogP) is -12.0. The third kappa shape index (κ3) is 121. The number of alkyl halides is 1. The molecule has 0 atom stereocenters. The van der Waals surface area contributed by atoms with Gasteiger partial charge < -0.3 is 78.7 Å². The number of carboxylic acids is 2. The molecular formula is C11H27Br2Cl4N3O9S. The Hall–Kier alpha value is 0.0300. The Morgan fingerprint density at radius 1 is 0.933 bits per heavy atom. The molecule has 12 nitrogen and oxygen atoms in total. The van der Waals surface area contributed by atoms with E-state index >= 15 is 0 Å². The van der Waals surface area contributed by atoms with E-state index in [0.29, 0.717) is 6.61 Å². The summed E-state index contributed by atoms with van der Waals surface area (Å²) in [5.41, 5.74) is 9.70. The summed E-state index contributed by atoms with van der Waals surface area (Å²) in [5.74, 6) is -2.19. The maximum Gasteiger partial charge on any atom is 0.361 e. The summed E-state index contributed by atoms with van der Waals surface area (Å²) in [7, 11) is 8.70. The number of carboxylic acid groups (broad SMARTS) is 2. The second-order valence-corrected chi connectivity index (χ2v) is 6.32. The molecule has 0 saturated heterocycles. The Morgan fingerprint density at radius 3 is 1.23 bits per heavy atom. The molecule has 11 N–H and O–H groups in total. The van der Waals surface area contributed by atoms with Crippen LogP contribution in [0.2, 0.25) is 0 Å². The van der Waals surface area contributed by atoms with Gasteiger partial charge >= 0.3 is 23.9 Å². The fraction of sp³-hybridized carbons (Fsp3) is 0.636. The van der Waals surface area contributed by atoms with E-state index in [0.717, 1.165) is 0 Å². The summed E-state index contributed by atoms with van der Waals surface area (Å²) in [6, 6.07) is 0. The maximum absolute atomic E-state index is 10.1. The van der Waals surface area contributed by atoms with E-state index in [9.17, 15) is 19.2 Å². The SMILES string of the molecule is CCOC(=O)C[NH3+].COC(=O)C[NH3+].O=C(O)CBr.O=S(Cl)Cl.[Br-].[Cl-].[Cl-].[NH3+]CC(=O)O. The number of carbonyl (C=O) groups excluding carboxylic acids is 2. The number of halogens is 6. The minimum atomic E-state index is -1.67. The highest BCUT2D eigenvalue weighted by atomic mass is 79.9. The van der Waals surface area contributed by atoms with Crippen molar-refractivity contribution in [1.82, 2.24) is 0 Å². The molecule has 0 aromatic rings. The number of ether oxygens (including phenoxy) is 2. The number of hydrogen-bond donors (Lipinski definition) is 5. The highest BCUT2D eigenvalue weighted by Gasteiger charge is 1.95. The third-order valence-corrected chi connectivity index (χ3v) is 1.75. The number of rotatable bonds is 5. The first-order chi connectivity index (χ1) is 12.4. The predicted molar refractivity (Wildman–Crippen MR) is 101 cm³/mol. The van der Waals surface area contributed by atoms with E-state index < -0.39 is 21.2 Å². The molecule has 0 aliphatic heterocycles. The largest absolute Gasteiger partial charge is 1.00 e. The lowest BCUT2D eigenvalue weighted by molar-refractivity contribution is -0.359. The monoisotopic (exact) mass is 675 g/mol. The van der Waals surface area contributed by atoms with Crippen LogP contribution in [0.25, 0.3) is 0 Å². The Labute approximate surface area is 217 Å². The molecule has 30 heavy (non-hydrogen) atoms. The number of carbonyl (C=O) groups is 4. The molecule has 0 aromatic carbocycles. The van der Waals surface area contributed by atoms with E-state index in [1.807, 2.05) is 0 Å². The van der Waals surface area contributed by atoms with Crippen molar-refractivity contribution in [2.75, 3.05) is 38.7 Å². The van der Waals surface area contributed by atoms with Crippen LogP contribution in [0.3, 0.4) is 0 Å². The van der Waals surface area contributed by atoms with Gasteiger partial charge in [0.05, 0.1) is 13.7 Å². The van der Waals surface area contributed by atoms with Crippen LogP contribution in [0.5, 0.6) is 0 Å². The summed E-state index contributed by atoms with van der Waals surface area (Å²) in [4.78, 5) is 38.6. The summed E-state index contributed by atoms with van der Waals surface area (Å²) >= 11 is 2.71. The van der Waals surface area contributed by atoms with Gasteiger partial charge in [0.15, 0.2) is 19.6 Å². The molecule has 19 heteroatoms. The van der Waals surface area contributed by atoms with Crippen LogP contribution in [0.15, 0.2) is 0 Å². The van der Waals surface area contributed by atoms with Crippen LogP contribution in [0.4, 0.5) is 0 Å². The van der Waals surface area contributed by atoms with E-state index in [2.05, 4.69) is 64.0 Å². The molecule has 0 rings (SSSR count). The second kappa shape index (κ2) is 47.0. The lowest BCUT2D eigenvalue weighted by Gasteiger charge is -1.92. The van der Waals surface area contributed by atoms with E-state index in [-0.39, 0.29) is 78.7 Å². The Bertz CT molecular complexity index is 407. The van der Waals surface area contributed by atoms with E-state index in [4.69, 9.17) is 14.4 Å². The molecule has 0 saturated carbocycles. The zero-order valence-corrected chi connectivity index (χ0v) is 23.1. The molecule has 0 spiro atoms. The maximum atomic E-state index is 10.1. The fourth-order valence-corrected chi connectivity index (χ4v) is 0.335. The van der Waals surface area contributed by atoms with Gasteiger partial charge in [-0.3, -0.25) is 4.79 Å². The summed E-state index contributed by atoms with van der Waals surface area (Å²) < 4.78 is 17.8. The highest BCUT2D eigenvalue weighted by Crippen LogP contribution is 1.89. The smallest absolute Gasteiger partial charge is 0.361 e. The van der Waals surface area contributed by atoms with Gasteiger partial charge in [0.25, 0.3) is 0 Å². The van der Waals surface area contributed by atoms with Crippen molar-refractivity contribution in [1.29, 1.82) is 0 Å². The minimum Gasteiger partial charge on any atom is -1.00 e. The van der Waals surface area contributed by atoms with Crippen molar-refractivity contribution in [3.63, 3.8) is 0 Å². The highest BCUT2D eigenvalue weighted by molar-refractivity contribution is 9.09. The molecule has 0 bridgehead atoms. The molecule has 0 aromatic heterocycles. The number of hydrogen-bond acceptors (Lipinski definition) is 7. The summed E-state index contributed by atoms with van der Waals surface area (Å²) in [5, 5.41) is 15.4. The molecule has 0 fully saturated rings. The van der Waals surface area contributed by atoms with Crippen molar-refractivity contribution in [2.45, 2.75) is 6.92 Å². The average Bonchev–Trinajstić information content (AvgIpc) is 2.62. The van der Waals surface area contributed by atoms with E-state index in [1.165, 1.54) is 7.11 Å². The first-order valence-corrected chi connectivity index (χ1v) is 10.7. The summed E-state index contributed by atoms with van der Waals surface area (Å²) in [6.07, 6.45) is 0. The molecule has 0 amide bonds. The van der Waals surface area contributed by atoms with Crippen LogP contribution in [-0.2, 0) is 37.9 Å². The first kappa shape index (κ1) is 52.1. The molecule has 0 heterocycles. The van der Waals surface area contributed by atoms with Gasteiger partial charge in [-0.1, -0.05) is 15.9 Å². The van der Waals surface area contributed by atoms with Gasteiger partial charge in [0.1, 0.15) is 5.33 Å². The Kier molecular flexibility index (Phi) is 81.7. The lowest BCUT2D eigenvalue weighted by atomic mass is 10.7. The fourth-order valence-electron chi connectivity index (χ4n) is 0.335. The average molecular weight is 679 g/mol. The Balaban J connectivity index is -0.0000000332. The number of quaternary nitrogens is 3. The van der Waals surface area contributed by atoms with Crippen molar-refractivity contribution < 1.29 is 102 Å². The van der Waals surface area contributed by atoms with Gasteiger partial charge in [-0.05, 0) is 6.92 Å². The van der Waals surface area contributed by atoms with Gasteiger partial charge in [-0.2, -0.15) is 0 Å². The van der Waals surface area contributed by atoms with Crippen LogP contribution in [0.1, 0.15) is 6.92 Å². The third-order valence-electron chi connectivity index (χ3n) is 1.27. The van der Waals surface area contributed by atoms with Crippen LogP contribution < -0.4 is 59.0 Å². The molecule has 188 valence electrons. The zero-order chi connectivity index (χ0) is 22.8. The van der Waals surface area contributed by atoms with Crippen molar-refractivity contribution >= 4 is 70.4 Å². The van der Waals surface area contributed by atoms with Crippen LogP contribution in [-0.4, -0.2) is 77.0 Å². The number of methoxy groups -OCH3 is 1. The van der Waals surface area contributed by atoms with Gasteiger partial charge in [-0.25, -0.2) is 18.6 Å². The standard InChI is InChI=1S/C4H9NO2.C3H7NO2.C2H3BrO2.C2H5NO2.BrH.Cl2OS.2ClH/c1-2-7-4(6)3-5;1-6-3(5)2-4;2*3-1-2(4)5;;1-4(2)3;;/h2-3,5H2,1H3;2,4H2,1H3;1H2,(H,4,5);1,3H2,(H,4,5);1H;;2*1H. The van der Waals surface area contributed by atoms with Crippen molar-refractivity contribution in [2.24, 2.45) is 0 Å². The molecular weight excluding hydrogens is 652 g/mol. The quantitative estimate of drug-likeness (QED) is 0.106. The minimum absolute atomic E-state index is 0. The van der Waals surface area contributed by atoms with Crippen LogP contribution >= 0.6 is 37.3 Å². The lowest BCUT2D eigenvalue weighted by Crippen LogP contribution is -3.00. The van der Waals surface area contributed by atoms with Gasteiger partial charge in [-0.15, -0.1) is 0 Å². The molecule has 0 aliphatic carbocycles. The van der Waals surface area contributed by atoms with Crippen LogP contribution in [0, 0.1) is 0 Å². The van der Waals surface area contributed by atoms with Gasteiger partial charge in [0, 0.05) is 21.4 Å². The van der Waals surface area contributed by atoms with E-state index in [1.54, 1.807) is 6.92 Å². The molecule has 0 aliphatic rings.